The molecule has 0 bridgehead atoms. The summed E-state index contributed by atoms with van der Waals surface area (Å²) in [6.45, 7) is 2.03. The van der Waals surface area contributed by atoms with Gasteiger partial charge in [0.2, 0.25) is 5.91 Å². The van der Waals surface area contributed by atoms with Gasteiger partial charge in [-0.25, -0.2) is 0 Å². The number of nitrogens with zero attached hydrogens (tertiary/aromatic N) is 1. The van der Waals surface area contributed by atoms with Crippen molar-refractivity contribution in [2.45, 2.75) is 11.8 Å². The fraction of sp³-hybridized carbons (Fsp3) is 0.167. The van der Waals surface area contributed by atoms with Crippen molar-refractivity contribution in [2.24, 2.45) is 0 Å². The number of benzene rings is 1. The average Bonchev–Trinajstić information content (AvgIpc) is 2.80. The molecule has 0 saturated carbocycles. The zero-order valence-corrected chi connectivity index (χ0v) is 12.1. The van der Waals surface area contributed by atoms with E-state index in [0.29, 0.717) is 11.4 Å². The molecular weight excluding hydrogens is 314 g/mol. The van der Waals surface area contributed by atoms with Crippen LogP contribution in [-0.2, 0) is 4.79 Å². The standard InChI is InChI=1S/C12H12BrN3OS/c1-8-4-9(13)2-3-11(8)18-7-12(17)16-10-5-14-15-6-10/h2-6H,7H2,1H3,(H,14,15)(H,16,17). The molecule has 0 aliphatic carbocycles. The molecule has 1 amide bonds. The van der Waals surface area contributed by atoms with E-state index in [1.807, 2.05) is 25.1 Å². The quantitative estimate of drug-likeness (QED) is 0.848. The van der Waals surface area contributed by atoms with Crippen LogP contribution in [0.3, 0.4) is 0 Å². The molecule has 94 valence electrons. The van der Waals surface area contributed by atoms with Crippen molar-refractivity contribution < 1.29 is 4.79 Å². The summed E-state index contributed by atoms with van der Waals surface area (Å²) in [5.74, 6) is 0.344. The lowest BCUT2D eigenvalue weighted by Crippen LogP contribution is -2.13. The first-order valence-corrected chi connectivity index (χ1v) is 7.10. The van der Waals surface area contributed by atoms with Gasteiger partial charge < -0.3 is 5.32 Å². The van der Waals surface area contributed by atoms with Gasteiger partial charge >= 0.3 is 0 Å². The van der Waals surface area contributed by atoms with Crippen LogP contribution >= 0.6 is 27.7 Å². The monoisotopic (exact) mass is 325 g/mol. The maximum absolute atomic E-state index is 11.7. The van der Waals surface area contributed by atoms with Crippen LogP contribution in [0.25, 0.3) is 0 Å². The minimum Gasteiger partial charge on any atom is -0.323 e. The summed E-state index contributed by atoms with van der Waals surface area (Å²) in [4.78, 5) is 12.8. The van der Waals surface area contributed by atoms with Gasteiger partial charge in [-0.2, -0.15) is 5.10 Å². The van der Waals surface area contributed by atoms with Gasteiger partial charge in [0.25, 0.3) is 0 Å². The molecule has 0 aliphatic rings. The van der Waals surface area contributed by atoms with Crippen LogP contribution in [-0.4, -0.2) is 21.9 Å². The number of hydrogen-bond donors (Lipinski definition) is 2. The second-order valence-corrected chi connectivity index (χ2v) is 5.67. The molecule has 0 spiro atoms. The molecule has 2 N–H and O–H groups in total. The first-order valence-electron chi connectivity index (χ1n) is 5.33. The summed E-state index contributed by atoms with van der Waals surface area (Å²) in [7, 11) is 0. The highest BCUT2D eigenvalue weighted by atomic mass is 79.9. The number of rotatable bonds is 4. The number of halogens is 1. The molecule has 0 unspecified atom stereocenters. The Labute approximate surface area is 118 Å². The number of carbonyl (C=O) groups is 1. The minimum absolute atomic E-state index is 0.0382. The highest BCUT2D eigenvalue weighted by Crippen LogP contribution is 2.25. The van der Waals surface area contributed by atoms with Gasteiger partial charge in [-0.15, -0.1) is 11.8 Å². The zero-order valence-electron chi connectivity index (χ0n) is 9.74. The summed E-state index contributed by atoms with van der Waals surface area (Å²) >= 11 is 4.94. The summed E-state index contributed by atoms with van der Waals surface area (Å²) in [6, 6.07) is 6.02. The number of aryl methyl sites for hydroxylation is 1. The number of thioether (sulfide) groups is 1. The van der Waals surface area contributed by atoms with Crippen LogP contribution in [0.2, 0.25) is 0 Å². The van der Waals surface area contributed by atoms with Crippen molar-refractivity contribution in [1.82, 2.24) is 10.2 Å². The number of amides is 1. The van der Waals surface area contributed by atoms with E-state index < -0.39 is 0 Å². The van der Waals surface area contributed by atoms with Crippen molar-refractivity contribution in [2.75, 3.05) is 11.1 Å². The number of carbonyl (C=O) groups excluding carboxylic acids is 1. The number of aromatic nitrogens is 2. The normalized spacial score (nSPS) is 10.3. The van der Waals surface area contributed by atoms with Gasteiger partial charge in [0.1, 0.15) is 0 Å². The van der Waals surface area contributed by atoms with Crippen LogP contribution in [0, 0.1) is 6.92 Å². The predicted molar refractivity (Wildman–Crippen MR) is 76.8 cm³/mol. The number of H-pyrrole nitrogens is 1. The molecule has 4 nitrogen and oxygen atoms in total. The third-order valence-electron chi connectivity index (χ3n) is 2.28. The Morgan fingerprint density at radius 2 is 2.39 bits per heavy atom. The average molecular weight is 326 g/mol. The number of nitrogens with one attached hydrogen (secondary N) is 2. The Hall–Kier alpha value is -1.27. The Morgan fingerprint density at radius 1 is 1.56 bits per heavy atom. The lowest BCUT2D eigenvalue weighted by Gasteiger charge is -2.06. The Balaban J connectivity index is 1.89. The van der Waals surface area contributed by atoms with Crippen molar-refractivity contribution in [3.8, 4) is 0 Å². The van der Waals surface area contributed by atoms with E-state index in [1.54, 1.807) is 12.4 Å². The third kappa shape index (κ3) is 3.61. The van der Waals surface area contributed by atoms with Crippen molar-refractivity contribution in [1.29, 1.82) is 0 Å². The van der Waals surface area contributed by atoms with E-state index in [9.17, 15) is 4.79 Å². The lowest BCUT2D eigenvalue weighted by molar-refractivity contribution is -0.113. The summed E-state index contributed by atoms with van der Waals surface area (Å²) in [5, 5.41) is 9.17. The Morgan fingerprint density at radius 3 is 3.06 bits per heavy atom. The highest BCUT2D eigenvalue weighted by molar-refractivity contribution is 9.10. The lowest BCUT2D eigenvalue weighted by atomic mass is 10.2. The summed E-state index contributed by atoms with van der Waals surface area (Å²) in [6.07, 6.45) is 3.22. The van der Waals surface area contributed by atoms with Gasteiger partial charge in [0, 0.05) is 15.6 Å². The summed E-state index contributed by atoms with van der Waals surface area (Å²) in [5.41, 5.74) is 1.85. The summed E-state index contributed by atoms with van der Waals surface area (Å²) < 4.78 is 1.05. The number of hydrogen-bond acceptors (Lipinski definition) is 3. The molecular formula is C12H12BrN3OS. The van der Waals surface area contributed by atoms with E-state index in [1.165, 1.54) is 11.8 Å². The van der Waals surface area contributed by atoms with Crippen molar-refractivity contribution in [3.05, 3.63) is 40.6 Å². The molecule has 2 rings (SSSR count). The minimum atomic E-state index is -0.0382. The largest absolute Gasteiger partial charge is 0.323 e. The highest BCUT2D eigenvalue weighted by Gasteiger charge is 2.06. The van der Waals surface area contributed by atoms with Gasteiger partial charge in [-0.1, -0.05) is 15.9 Å². The van der Waals surface area contributed by atoms with E-state index in [2.05, 4.69) is 31.4 Å². The van der Waals surface area contributed by atoms with Crippen molar-refractivity contribution in [3.63, 3.8) is 0 Å². The molecule has 18 heavy (non-hydrogen) atoms. The molecule has 1 heterocycles. The van der Waals surface area contributed by atoms with Crippen LogP contribution in [0.15, 0.2) is 40.0 Å². The molecule has 2 aromatic rings. The molecule has 1 aromatic heterocycles. The zero-order chi connectivity index (χ0) is 13.0. The van der Waals surface area contributed by atoms with E-state index in [0.717, 1.165) is 14.9 Å². The second kappa shape index (κ2) is 6.06. The number of anilines is 1. The van der Waals surface area contributed by atoms with E-state index in [-0.39, 0.29) is 5.91 Å². The van der Waals surface area contributed by atoms with Gasteiger partial charge in [-0.3, -0.25) is 9.89 Å². The number of aromatic amines is 1. The van der Waals surface area contributed by atoms with E-state index >= 15 is 0 Å². The smallest absolute Gasteiger partial charge is 0.234 e. The SMILES string of the molecule is Cc1cc(Br)ccc1SCC(=O)Nc1cn[nH]c1. The molecule has 0 radical (unpaired) electrons. The topological polar surface area (TPSA) is 57.8 Å². The molecule has 1 aromatic carbocycles. The van der Waals surface area contributed by atoms with Gasteiger partial charge in [0.05, 0.1) is 17.6 Å². The van der Waals surface area contributed by atoms with Gasteiger partial charge in [-0.05, 0) is 30.7 Å². The van der Waals surface area contributed by atoms with Crippen molar-refractivity contribution >= 4 is 39.3 Å². The van der Waals surface area contributed by atoms with Crippen LogP contribution in [0.4, 0.5) is 5.69 Å². The molecule has 0 atom stereocenters. The second-order valence-electron chi connectivity index (χ2n) is 3.73. The maximum atomic E-state index is 11.7. The van der Waals surface area contributed by atoms with Crippen LogP contribution < -0.4 is 5.32 Å². The predicted octanol–water partition coefficient (Wildman–Crippen LogP) is 3.21. The Bertz CT molecular complexity index is 542. The van der Waals surface area contributed by atoms with Gasteiger partial charge in [0.15, 0.2) is 0 Å². The molecule has 0 saturated heterocycles. The first kappa shape index (κ1) is 13.2. The molecule has 6 heteroatoms. The van der Waals surface area contributed by atoms with Crippen LogP contribution in [0.1, 0.15) is 5.56 Å². The first-order chi connectivity index (χ1) is 8.65. The van der Waals surface area contributed by atoms with Crippen LogP contribution in [0.5, 0.6) is 0 Å². The molecule has 0 fully saturated rings. The Kier molecular flexibility index (Phi) is 4.43. The maximum Gasteiger partial charge on any atom is 0.234 e. The third-order valence-corrected chi connectivity index (χ3v) is 3.95. The van der Waals surface area contributed by atoms with E-state index in [4.69, 9.17) is 0 Å². The fourth-order valence-corrected chi connectivity index (χ4v) is 2.72. The molecule has 0 aliphatic heterocycles. The fourth-order valence-electron chi connectivity index (χ4n) is 1.43.